The van der Waals surface area contributed by atoms with Crippen LogP contribution in [0.2, 0.25) is 5.02 Å². The fraction of sp³-hybridized carbons (Fsp3) is 0.278. The van der Waals surface area contributed by atoms with Crippen LogP contribution in [0, 0.1) is 11.6 Å². The summed E-state index contributed by atoms with van der Waals surface area (Å²) in [6.45, 7) is 1.90. The van der Waals surface area contributed by atoms with Gasteiger partial charge in [-0.2, -0.15) is 0 Å². The molecule has 1 heterocycles. The van der Waals surface area contributed by atoms with Crippen LogP contribution >= 0.6 is 23.4 Å². The molecule has 1 fully saturated rings. The molecule has 0 aliphatic carbocycles. The molecular formula is C18H17ClF2N2OS. The van der Waals surface area contributed by atoms with Crippen LogP contribution in [0.4, 0.5) is 20.2 Å². The van der Waals surface area contributed by atoms with Gasteiger partial charge in [-0.25, -0.2) is 8.78 Å². The maximum atomic E-state index is 13.2. The first kappa shape index (κ1) is 18.0. The number of thioether (sulfide) groups is 1. The Labute approximate surface area is 154 Å². The third kappa shape index (κ3) is 4.64. The lowest BCUT2D eigenvalue weighted by Gasteiger charge is -2.21. The Hall–Kier alpha value is -1.79. The zero-order chi connectivity index (χ0) is 17.8. The van der Waals surface area contributed by atoms with Crippen LogP contribution < -0.4 is 10.2 Å². The van der Waals surface area contributed by atoms with Gasteiger partial charge in [0.1, 0.15) is 0 Å². The fourth-order valence-electron chi connectivity index (χ4n) is 2.74. The van der Waals surface area contributed by atoms with Crippen LogP contribution in [0.15, 0.2) is 41.3 Å². The molecule has 0 aromatic heterocycles. The van der Waals surface area contributed by atoms with Crippen molar-refractivity contribution in [3.63, 3.8) is 0 Å². The quantitative estimate of drug-likeness (QED) is 0.742. The second kappa shape index (κ2) is 8.06. The highest BCUT2D eigenvalue weighted by Crippen LogP contribution is 2.32. The molecule has 0 unspecified atom stereocenters. The van der Waals surface area contributed by atoms with Crippen LogP contribution in [-0.4, -0.2) is 24.7 Å². The maximum Gasteiger partial charge on any atom is 0.234 e. The Morgan fingerprint density at radius 2 is 1.88 bits per heavy atom. The number of anilines is 2. The molecule has 3 nitrogen and oxygen atoms in total. The summed E-state index contributed by atoms with van der Waals surface area (Å²) in [5.74, 6) is -1.95. The van der Waals surface area contributed by atoms with Crippen molar-refractivity contribution in [3.8, 4) is 0 Å². The summed E-state index contributed by atoms with van der Waals surface area (Å²) in [6, 6.07) is 9.04. The van der Waals surface area contributed by atoms with Crippen molar-refractivity contribution in [2.45, 2.75) is 17.7 Å². The Balaban J connectivity index is 1.66. The molecule has 0 radical (unpaired) electrons. The van der Waals surface area contributed by atoms with E-state index in [1.807, 2.05) is 6.07 Å². The molecule has 0 spiro atoms. The van der Waals surface area contributed by atoms with E-state index < -0.39 is 11.6 Å². The Morgan fingerprint density at radius 1 is 1.12 bits per heavy atom. The van der Waals surface area contributed by atoms with Gasteiger partial charge in [0, 0.05) is 23.0 Å². The summed E-state index contributed by atoms with van der Waals surface area (Å²) in [5, 5.41) is 3.42. The van der Waals surface area contributed by atoms with E-state index in [0.29, 0.717) is 15.6 Å². The number of nitrogens with zero attached hydrogens (tertiary/aromatic N) is 1. The van der Waals surface area contributed by atoms with Crippen molar-refractivity contribution >= 4 is 40.6 Å². The normalized spacial score (nSPS) is 14.0. The molecule has 0 bridgehead atoms. The van der Waals surface area contributed by atoms with Crippen LogP contribution in [0.5, 0.6) is 0 Å². The van der Waals surface area contributed by atoms with Gasteiger partial charge in [0.15, 0.2) is 11.6 Å². The van der Waals surface area contributed by atoms with Crippen molar-refractivity contribution in [1.82, 2.24) is 0 Å². The lowest BCUT2D eigenvalue weighted by Crippen LogP contribution is -2.21. The summed E-state index contributed by atoms with van der Waals surface area (Å²) < 4.78 is 26.1. The highest BCUT2D eigenvalue weighted by Gasteiger charge is 2.17. The van der Waals surface area contributed by atoms with E-state index in [2.05, 4.69) is 10.2 Å². The number of carbonyl (C=O) groups excluding carboxylic acids is 1. The van der Waals surface area contributed by atoms with Gasteiger partial charge in [-0.15, -0.1) is 11.8 Å². The van der Waals surface area contributed by atoms with Gasteiger partial charge in [0.05, 0.1) is 17.1 Å². The topological polar surface area (TPSA) is 32.3 Å². The SMILES string of the molecule is O=C(CSc1ccc(F)c(F)c1)Nc1cc(Cl)ccc1N1CCCC1. The lowest BCUT2D eigenvalue weighted by atomic mass is 10.2. The molecule has 3 rings (SSSR count). The number of rotatable bonds is 5. The highest BCUT2D eigenvalue weighted by molar-refractivity contribution is 8.00. The first-order chi connectivity index (χ1) is 12.0. The second-order valence-electron chi connectivity index (χ2n) is 5.77. The molecule has 7 heteroatoms. The van der Waals surface area contributed by atoms with Gasteiger partial charge >= 0.3 is 0 Å². The zero-order valence-electron chi connectivity index (χ0n) is 13.4. The van der Waals surface area contributed by atoms with E-state index in [1.54, 1.807) is 12.1 Å². The van der Waals surface area contributed by atoms with Crippen molar-refractivity contribution in [1.29, 1.82) is 0 Å². The van der Waals surface area contributed by atoms with E-state index >= 15 is 0 Å². The molecule has 1 N–H and O–H groups in total. The first-order valence-corrected chi connectivity index (χ1v) is 9.31. The predicted octanol–water partition coefficient (Wildman–Crippen LogP) is 4.95. The molecule has 0 atom stereocenters. The lowest BCUT2D eigenvalue weighted by molar-refractivity contribution is -0.113. The highest BCUT2D eigenvalue weighted by atomic mass is 35.5. The summed E-state index contributed by atoms with van der Waals surface area (Å²) in [4.78, 5) is 15.0. The number of nitrogens with one attached hydrogen (secondary N) is 1. The Kier molecular flexibility index (Phi) is 5.81. The predicted molar refractivity (Wildman–Crippen MR) is 98.6 cm³/mol. The van der Waals surface area contributed by atoms with E-state index in [0.717, 1.165) is 55.5 Å². The Morgan fingerprint density at radius 3 is 2.60 bits per heavy atom. The van der Waals surface area contributed by atoms with Crippen LogP contribution in [0.1, 0.15) is 12.8 Å². The third-order valence-electron chi connectivity index (χ3n) is 3.94. The van der Waals surface area contributed by atoms with E-state index in [1.165, 1.54) is 6.07 Å². The molecule has 1 amide bonds. The summed E-state index contributed by atoms with van der Waals surface area (Å²) in [7, 11) is 0. The zero-order valence-corrected chi connectivity index (χ0v) is 15.0. The van der Waals surface area contributed by atoms with Crippen LogP contribution in [0.25, 0.3) is 0 Å². The molecule has 2 aromatic rings. The molecule has 0 saturated carbocycles. The van der Waals surface area contributed by atoms with Crippen molar-refractivity contribution in [3.05, 3.63) is 53.1 Å². The number of halogens is 3. The molecule has 1 aliphatic heterocycles. The summed E-state index contributed by atoms with van der Waals surface area (Å²) in [6.07, 6.45) is 2.25. The van der Waals surface area contributed by atoms with Gasteiger partial charge in [0.2, 0.25) is 5.91 Å². The molecular weight excluding hydrogens is 366 g/mol. The first-order valence-electron chi connectivity index (χ1n) is 7.95. The summed E-state index contributed by atoms with van der Waals surface area (Å²) in [5.41, 5.74) is 1.62. The van der Waals surface area contributed by atoms with Gasteiger partial charge in [-0.1, -0.05) is 11.6 Å². The van der Waals surface area contributed by atoms with E-state index in [-0.39, 0.29) is 11.7 Å². The fourth-order valence-corrected chi connectivity index (χ4v) is 3.64. The molecule has 25 heavy (non-hydrogen) atoms. The van der Waals surface area contributed by atoms with Crippen molar-refractivity contribution < 1.29 is 13.6 Å². The molecule has 1 saturated heterocycles. The van der Waals surface area contributed by atoms with Crippen molar-refractivity contribution in [2.24, 2.45) is 0 Å². The minimum atomic E-state index is -0.920. The summed E-state index contributed by atoms with van der Waals surface area (Å²) >= 11 is 7.21. The van der Waals surface area contributed by atoms with Gasteiger partial charge in [0.25, 0.3) is 0 Å². The average molecular weight is 383 g/mol. The molecule has 132 valence electrons. The molecule has 2 aromatic carbocycles. The largest absolute Gasteiger partial charge is 0.370 e. The second-order valence-corrected chi connectivity index (χ2v) is 7.25. The number of benzene rings is 2. The number of amides is 1. The van der Waals surface area contributed by atoms with Crippen molar-refractivity contribution in [2.75, 3.05) is 29.1 Å². The molecule has 1 aliphatic rings. The number of hydrogen-bond donors (Lipinski definition) is 1. The average Bonchev–Trinajstić information content (AvgIpc) is 3.10. The monoisotopic (exact) mass is 382 g/mol. The van der Waals surface area contributed by atoms with E-state index in [4.69, 9.17) is 11.6 Å². The third-order valence-corrected chi connectivity index (χ3v) is 5.17. The van der Waals surface area contributed by atoms with E-state index in [9.17, 15) is 13.6 Å². The number of hydrogen-bond acceptors (Lipinski definition) is 3. The van der Waals surface area contributed by atoms with Gasteiger partial charge in [-0.3, -0.25) is 4.79 Å². The van der Waals surface area contributed by atoms with Gasteiger partial charge in [-0.05, 0) is 49.2 Å². The number of carbonyl (C=O) groups is 1. The standard InChI is InChI=1S/C18H17ClF2N2OS/c19-12-3-6-17(23-7-1-2-8-23)16(9-12)22-18(24)11-25-13-4-5-14(20)15(21)10-13/h3-6,9-10H,1-2,7-8,11H2,(H,22,24). The minimum Gasteiger partial charge on any atom is -0.370 e. The smallest absolute Gasteiger partial charge is 0.234 e. The van der Waals surface area contributed by atoms with Crippen LogP contribution in [-0.2, 0) is 4.79 Å². The minimum absolute atomic E-state index is 0.0943. The Bertz CT molecular complexity index is 782. The van der Waals surface area contributed by atoms with Crippen LogP contribution in [0.3, 0.4) is 0 Å². The maximum absolute atomic E-state index is 13.2. The van der Waals surface area contributed by atoms with Gasteiger partial charge < -0.3 is 10.2 Å².